The largest absolute Gasteiger partial charge is 0.390 e. The van der Waals surface area contributed by atoms with E-state index >= 15 is 0 Å². The van der Waals surface area contributed by atoms with Crippen molar-refractivity contribution in [3.63, 3.8) is 0 Å². The summed E-state index contributed by atoms with van der Waals surface area (Å²) in [7, 11) is 0. The molecule has 0 saturated carbocycles. The van der Waals surface area contributed by atoms with Crippen LogP contribution in [0.3, 0.4) is 0 Å². The first-order valence-electron chi connectivity index (χ1n) is 10.2. The Balaban J connectivity index is 1.63. The molecule has 0 amide bonds. The average Bonchev–Trinajstić information content (AvgIpc) is 3.16. The first-order valence-corrected chi connectivity index (χ1v) is 10.5. The number of rotatable bonds is 11. The van der Waals surface area contributed by atoms with Gasteiger partial charge < -0.3 is 14.7 Å². The Morgan fingerprint density at radius 3 is 2.93 bits per heavy atom. The minimum atomic E-state index is -0.609. The molecule has 6 heteroatoms. The Bertz CT molecular complexity index is 871. The molecule has 1 aliphatic rings. The summed E-state index contributed by atoms with van der Waals surface area (Å²) in [5.41, 5.74) is 4.36. The smallest absolute Gasteiger partial charge is 0.145 e. The van der Waals surface area contributed by atoms with Crippen molar-refractivity contribution in [2.24, 2.45) is 5.16 Å². The maximum absolute atomic E-state index is 10.4. The van der Waals surface area contributed by atoms with Crippen LogP contribution in [0.2, 0.25) is 5.02 Å². The molecule has 160 valence electrons. The normalized spacial score (nSPS) is 16.9. The second-order valence-corrected chi connectivity index (χ2v) is 8.02. The molecular weight excluding hydrogens is 400 g/mol. The highest BCUT2D eigenvalue weighted by molar-refractivity contribution is 6.30. The summed E-state index contributed by atoms with van der Waals surface area (Å²) >= 11 is 6.15. The molecule has 3 rings (SSSR count). The molecule has 30 heavy (non-hydrogen) atoms. The number of aliphatic hydroxyl groups excluding tert-OH is 1. The summed E-state index contributed by atoms with van der Waals surface area (Å²) < 4.78 is 5.40. The van der Waals surface area contributed by atoms with E-state index in [1.54, 1.807) is 6.08 Å². The first-order chi connectivity index (χ1) is 14.5. The molecule has 0 spiro atoms. The zero-order valence-corrected chi connectivity index (χ0v) is 18.1. The number of nitrogens with zero attached hydrogens (tertiary/aromatic N) is 2. The van der Waals surface area contributed by atoms with E-state index in [2.05, 4.69) is 35.7 Å². The highest BCUT2D eigenvalue weighted by Gasteiger charge is 2.26. The third-order valence-electron chi connectivity index (χ3n) is 4.96. The third kappa shape index (κ3) is 6.67. The van der Waals surface area contributed by atoms with E-state index < -0.39 is 6.10 Å². The Morgan fingerprint density at radius 1 is 1.33 bits per heavy atom. The molecule has 1 aliphatic heterocycles. The lowest BCUT2D eigenvalue weighted by Gasteiger charge is -2.27. The molecule has 0 aliphatic carbocycles. The maximum Gasteiger partial charge on any atom is 0.145 e. The predicted molar refractivity (Wildman–Crippen MR) is 121 cm³/mol. The van der Waals surface area contributed by atoms with Gasteiger partial charge in [0.1, 0.15) is 6.10 Å². The lowest BCUT2D eigenvalue weighted by molar-refractivity contribution is 0.00336. The number of ether oxygens (including phenoxy) is 1. The van der Waals surface area contributed by atoms with Gasteiger partial charge in [0.25, 0.3) is 0 Å². The van der Waals surface area contributed by atoms with E-state index in [1.807, 2.05) is 36.4 Å². The molecule has 2 aromatic carbocycles. The molecule has 0 bridgehead atoms. The molecule has 0 saturated heterocycles. The molecule has 0 fully saturated rings. The second kappa shape index (κ2) is 11.3. The summed E-state index contributed by atoms with van der Waals surface area (Å²) in [6.45, 7) is 8.15. The van der Waals surface area contributed by atoms with Gasteiger partial charge in [0, 0.05) is 36.6 Å². The van der Waals surface area contributed by atoms with Crippen molar-refractivity contribution in [3.05, 3.63) is 82.9 Å². The highest BCUT2D eigenvalue weighted by atomic mass is 35.5. The number of oxime groups is 1. The molecule has 1 N–H and O–H groups in total. The minimum absolute atomic E-state index is 0.0694. The Morgan fingerprint density at radius 2 is 2.17 bits per heavy atom. The van der Waals surface area contributed by atoms with Crippen molar-refractivity contribution in [1.29, 1.82) is 0 Å². The molecule has 0 radical (unpaired) electrons. The lowest BCUT2D eigenvalue weighted by atomic mass is 10.00. The van der Waals surface area contributed by atoms with Crippen LogP contribution in [0.25, 0.3) is 0 Å². The SMILES string of the molecule is C=CCOC[C@@H](O)CN(Cc1cccc(Cl)c1)C[C@H]1CC(c2ccccc2C)=NO1. The van der Waals surface area contributed by atoms with Gasteiger partial charge in [-0.25, -0.2) is 0 Å². The van der Waals surface area contributed by atoms with Crippen LogP contribution in [0, 0.1) is 6.92 Å². The number of benzene rings is 2. The molecule has 1 heterocycles. The van der Waals surface area contributed by atoms with Gasteiger partial charge in [0.05, 0.1) is 25.0 Å². The van der Waals surface area contributed by atoms with Gasteiger partial charge in [-0.3, -0.25) is 4.90 Å². The monoisotopic (exact) mass is 428 g/mol. The Labute approximate surface area is 183 Å². The fraction of sp³-hybridized carbons (Fsp3) is 0.375. The van der Waals surface area contributed by atoms with Crippen molar-refractivity contribution < 1.29 is 14.7 Å². The number of aryl methyl sites for hydroxylation is 1. The van der Waals surface area contributed by atoms with Crippen LogP contribution in [0.5, 0.6) is 0 Å². The molecule has 2 aromatic rings. The second-order valence-electron chi connectivity index (χ2n) is 7.59. The Kier molecular flexibility index (Phi) is 8.46. The average molecular weight is 429 g/mol. The van der Waals surface area contributed by atoms with Gasteiger partial charge in [-0.1, -0.05) is 59.2 Å². The van der Waals surface area contributed by atoms with Crippen LogP contribution in [-0.4, -0.2) is 54.2 Å². The van der Waals surface area contributed by atoms with Crippen LogP contribution in [0.1, 0.15) is 23.1 Å². The van der Waals surface area contributed by atoms with Gasteiger partial charge in [-0.2, -0.15) is 0 Å². The number of hydrogen-bond acceptors (Lipinski definition) is 5. The molecule has 2 atom stereocenters. The van der Waals surface area contributed by atoms with Crippen molar-refractivity contribution >= 4 is 17.3 Å². The van der Waals surface area contributed by atoms with E-state index in [0.29, 0.717) is 31.3 Å². The van der Waals surface area contributed by atoms with Gasteiger partial charge in [-0.05, 0) is 30.2 Å². The molecule has 5 nitrogen and oxygen atoms in total. The van der Waals surface area contributed by atoms with Crippen molar-refractivity contribution in [3.8, 4) is 0 Å². The Hall–Kier alpha value is -2.18. The number of hydrogen-bond donors (Lipinski definition) is 1. The minimum Gasteiger partial charge on any atom is -0.390 e. The fourth-order valence-corrected chi connectivity index (χ4v) is 3.82. The standard InChI is InChI=1S/C24H29ClN2O3/c1-3-11-29-17-21(28)15-27(14-19-8-6-9-20(25)12-19)16-22-13-24(26-30-22)23-10-5-4-7-18(23)2/h3-10,12,21-22,28H,1,11,13-17H2,2H3/t21-,22+/m0/s1. The van der Waals surface area contributed by atoms with Crippen LogP contribution in [-0.2, 0) is 16.1 Å². The van der Waals surface area contributed by atoms with Crippen molar-refractivity contribution in [2.75, 3.05) is 26.3 Å². The number of aliphatic hydroxyl groups is 1. The van der Waals surface area contributed by atoms with Crippen LogP contribution in [0.4, 0.5) is 0 Å². The van der Waals surface area contributed by atoms with Crippen LogP contribution < -0.4 is 0 Å². The zero-order valence-electron chi connectivity index (χ0n) is 17.3. The summed E-state index contributed by atoms with van der Waals surface area (Å²) in [4.78, 5) is 7.90. The van der Waals surface area contributed by atoms with E-state index in [0.717, 1.165) is 23.3 Å². The summed E-state index contributed by atoms with van der Waals surface area (Å²) in [6, 6.07) is 16.0. The quantitative estimate of drug-likeness (QED) is 0.430. The number of halogens is 1. The third-order valence-corrected chi connectivity index (χ3v) is 5.20. The topological polar surface area (TPSA) is 54.3 Å². The van der Waals surface area contributed by atoms with E-state index in [4.69, 9.17) is 21.2 Å². The first kappa shape index (κ1) is 22.5. The predicted octanol–water partition coefficient (Wildman–Crippen LogP) is 4.21. The molecule has 0 aromatic heterocycles. The fourth-order valence-electron chi connectivity index (χ4n) is 3.61. The van der Waals surface area contributed by atoms with Gasteiger partial charge in [-0.15, -0.1) is 6.58 Å². The summed E-state index contributed by atoms with van der Waals surface area (Å²) in [5, 5.41) is 15.5. The van der Waals surface area contributed by atoms with Crippen molar-refractivity contribution in [2.45, 2.75) is 32.1 Å². The van der Waals surface area contributed by atoms with Gasteiger partial charge >= 0.3 is 0 Å². The zero-order chi connectivity index (χ0) is 21.3. The molecule has 0 unspecified atom stereocenters. The summed E-state index contributed by atoms with van der Waals surface area (Å²) in [6.07, 6.45) is 1.73. The van der Waals surface area contributed by atoms with Gasteiger partial charge in [0.15, 0.2) is 0 Å². The van der Waals surface area contributed by atoms with E-state index in [9.17, 15) is 5.11 Å². The van der Waals surface area contributed by atoms with Crippen molar-refractivity contribution in [1.82, 2.24) is 4.90 Å². The van der Waals surface area contributed by atoms with E-state index in [1.165, 1.54) is 5.56 Å². The maximum atomic E-state index is 10.4. The summed E-state index contributed by atoms with van der Waals surface area (Å²) in [5.74, 6) is 0. The van der Waals surface area contributed by atoms with Gasteiger partial charge in [0.2, 0.25) is 0 Å². The molecular formula is C24H29ClN2O3. The lowest BCUT2D eigenvalue weighted by Crippen LogP contribution is -2.39. The van der Waals surface area contributed by atoms with E-state index in [-0.39, 0.29) is 12.7 Å². The van der Waals surface area contributed by atoms with Crippen LogP contribution in [0.15, 0.2) is 66.3 Å². The highest BCUT2D eigenvalue weighted by Crippen LogP contribution is 2.21. The van der Waals surface area contributed by atoms with Crippen LogP contribution >= 0.6 is 11.6 Å².